The highest BCUT2D eigenvalue weighted by Crippen LogP contribution is 2.24. The number of unbranched alkanes of at least 4 members (excludes halogenated alkanes) is 1. The molecule has 0 bridgehead atoms. The standard InChI is InChI=1S/C25H30N4O4S/c1-2-3-12-21(27-23-20-11-7-8-13-22(20)34(32,33)28-23)25(31)29-16-14-19(15-17-29)26-24(30)18-9-5-4-6-10-18/h4-11,13,19,21H,2-3,12,14-17H2,1H3,(H,26,30)(H,27,28). The molecular weight excluding hydrogens is 452 g/mol. The van der Waals surface area contributed by atoms with Gasteiger partial charge in [0.15, 0.2) is 0 Å². The quantitative estimate of drug-likeness (QED) is 0.633. The number of sulfonamides is 1. The van der Waals surface area contributed by atoms with Crippen LogP contribution in [-0.2, 0) is 14.8 Å². The fourth-order valence-electron chi connectivity index (χ4n) is 4.34. The molecule has 2 aliphatic heterocycles. The topological polar surface area (TPSA) is 108 Å². The summed E-state index contributed by atoms with van der Waals surface area (Å²) in [6, 6.07) is 15.1. The number of amides is 2. The maximum Gasteiger partial charge on any atom is 0.263 e. The Kier molecular flexibility index (Phi) is 7.31. The monoisotopic (exact) mass is 482 g/mol. The van der Waals surface area contributed by atoms with E-state index in [1.54, 1.807) is 35.2 Å². The van der Waals surface area contributed by atoms with Crippen LogP contribution in [-0.4, -0.2) is 56.1 Å². The van der Waals surface area contributed by atoms with Gasteiger partial charge in [-0.2, -0.15) is 0 Å². The number of likely N-dealkylation sites (tertiary alicyclic amines) is 1. The van der Waals surface area contributed by atoms with Gasteiger partial charge in [-0.25, -0.2) is 8.42 Å². The summed E-state index contributed by atoms with van der Waals surface area (Å²) in [6.07, 6.45) is 3.59. The zero-order chi connectivity index (χ0) is 24.1. The van der Waals surface area contributed by atoms with Crippen molar-refractivity contribution < 1.29 is 18.0 Å². The van der Waals surface area contributed by atoms with E-state index in [9.17, 15) is 18.0 Å². The normalized spacial score (nSPS) is 19.3. The third-order valence-electron chi connectivity index (χ3n) is 6.24. The SMILES string of the molecule is CCCCC(N=C1NS(=O)(=O)c2ccccc21)C(=O)N1CCC(NC(=O)c2ccccc2)CC1. The fourth-order valence-corrected chi connectivity index (χ4v) is 5.58. The molecule has 0 radical (unpaired) electrons. The molecule has 4 rings (SSSR count). The molecule has 1 saturated heterocycles. The number of hydrogen-bond acceptors (Lipinski definition) is 5. The van der Waals surface area contributed by atoms with Crippen LogP contribution in [0.15, 0.2) is 64.5 Å². The van der Waals surface area contributed by atoms with E-state index in [4.69, 9.17) is 0 Å². The van der Waals surface area contributed by atoms with Crippen molar-refractivity contribution in [1.29, 1.82) is 0 Å². The van der Waals surface area contributed by atoms with Gasteiger partial charge >= 0.3 is 0 Å². The van der Waals surface area contributed by atoms with E-state index in [2.05, 4.69) is 15.0 Å². The molecule has 2 aromatic carbocycles. The van der Waals surface area contributed by atoms with Gasteiger partial charge in [0, 0.05) is 30.3 Å². The van der Waals surface area contributed by atoms with Crippen molar-refractivity contribution in [2.75, 3.05) is 13.1 Å². The Morgan fingerprint density at radius 3 is 2.47 bits per heavy atom. The molecule has 1 fully saturated rings. The van der Waals surface area contributed by atoms with E-state index >= 15 is 0 Å². The first kappa shape index (κ1) is 23.9. The molecule has 2 amide bonds. The summed E-state index contributed by atoms with van der Waals surface area (Å²) in [5.74, 6) is 0.0252. The average Bonchev–Trinajstić information content (AvgIpc) is 3.12. The number of amidine groups is 1. The van der Waals surface area contributed by atoms with Gasteiger partial charge in [-0.1, -0.05) is 50.1 Å². The molecule has 2 heterocycles. The summed E-state index contributed by atoms with van der Waals surface area (Å²) in [5.41, 5.74) is 1.12. The molecule has 0 aliphatic carbocycles. The molecule has 9 heteroatoms. The number of hydrogen-bond donors (Lipinski definition) is 2. The average molecular weight is 483 g/mol. The summed E-state index contributed by atoms with van der Waals surface area (Å²) in [6.45, 7) is 3.09. The highest BCUT2D eigenvalue weighted by atomic mass is 32.2. The molecule has 0 saturated carbocycles. The number of nitrogens with one attached hydrogen (secondary N) is 2. The Morgan fingerprint density at radius 1 is 1.09 bits per heavy atom. The Hall–Kier alpha value is -3.20. The Balaban J connectivity index is 1.43. The van der Waals surface area contributed by atoms with Gasteiger partial charge in [0.05, 0.1) is 4.90 Å². The Bertz CT molecular complexity index is 1170. The van der Waals surface area contributed by atoms with Gasteiger partial charge in [0.2, 0.25) is 5.91 Å². The summed E-state index contributed by atoms with van der Waals surface area (Å²) in [5, 5.41) is 3.06. The van der Waals surface area contributed by atoms with Crippen LogP contribution in [0.1, 0.15) is 54.9 Å². The third kappa shape index (κ3) is 5.30. The van der Waals surface area contributed by atoms with Gasteiger partial charge in [-0.15, -0.1) is 0 Å². The highest BCUT2D eigenvalue weighted by molar-refractivity contribution is 7.90. The first-order valence-corrected chi connectivity index (χ1v) is 13.2. The molecule has 1 unspecified atom stereocenters. The van der Waals surface area contributed by atoms with Crippen molar-refractivity contribution in [2.24, 2.45) is 4.99 Å². The highest BCUT2D eigenvalue weighted by Gasteiger charge is 2.33. The third-order valence-corrected chi connectivity index (χ3v) is 7.64. The number of carbonyl (C=O) groups excluding carboxylic acids is 2. The van der Waals surface area contributed by atoms with Crippen LogP contribution < -0.4 is 10.0 Å². The molecule has 2 aliphatic rings. The summed E-state index contributed by atoms with van der Waals surface area (Å²) in [7, 11) is -3.66. The number of nitrogens with zero attached hydrogens (tertiary/aromatic N) is 2. The van der Waals surface area contributed by atoms with Crippen molar-refractivity contribution in [3.8, 4) is 0 Å². The molecule has 8 nitrogen and oxygen atoms in total. The van der Waals surface area contributed by atoms with Gasteiger partial charge < -0.3 is 10.2 Å². The molecule has 0 spiro atoms. The number of benzene rings is 2. The first-order chi connectivity index (χ1) is 16.4. The number of carbonyl (C=O) groups is 2. The molecule has 180 valence electrons. The zero-order valence-electron chi connectivity index (χ0n) is 19.2. The smallest absolute Gasteiger partial charge is 0.263 e. The number of piperidine rings is 1. The fraction of sp³-hybridized carbons (Fsp3) is 0.400. The van der Waals surface area contributed by atoms with Gasteiger partial charge in [0.25, 0.3) is 15.9 Å². The second-order valence-corrected chi connectivity index (χ2v) is 10.3. The molecule has 34 heavy (non-hydrogen) atoms. The van der Waals surface area contributed by atoms with Crippen LogP contribution >= 0.6 is 0 Å². The lowest BCUT2D eigenvalue weighted by molar-refractivity contribution is -0.133. The predicted molar refractivity (Wildman–Crippen MR) is 130 cm³/mol. The number of rotatable bonds is 7. The van der Waals surface area contributed by atoms with Crippen LogP contribution in [0.3, 0.4) is 0 Å². The van der Waals surface area contributed by atoms with E-state index in [-0.39, 0.29) is 28.6 Å². The molecule has 2 N–H and O–H groups in total. The second kappa shape index (κ2) is 10.4. The Labute approximate surface area is 200 Å². The van der Waals surface area contributed by atoms with E-state index in [0.29, 0.717) is 43.5 Å². The number of aliphatic imine (C=N–C) groups is 1. The lowest BCUT2D eigenvalue weighted by atomic mass is 10.0. The summed E-state index contributed by atoms with van der Waals surface area (Å²) in [4.78, 5) is 32.4. The van der Waals surface area contributed by atoms with Gasteiger partial charge in [-0.05, 0) is 43.5 Å². The largest absolute Gasteiger partial charge is 0.349 e. The number of fused-ring (bicyclic) bond motifs is 1. The van der Waals surface area contributed by atoms with E-state index in [0.717, 1.165) is 12.8 Å². The molecule has 2 aromatic rings. The van der Waals surface area contributed by atoms with E-state index in [1.807, 2.05) is 25.1 Å². The minimum absolute atomic E-state index is 0.00526. The van der Waals surface area contributed by atoms with Crippen molar-refractivity contribution >= 4 is 27.7 Å². The summed E-state index contributed by atoms with van der Waals surface area (Å²) >= 11 is 0. The van der Waals surface area contributed by atoms with E-state index < -0.39 is 16.1 Å². The first-order valence-electron chi connectivity index (χ1n) is 11.7. The van der Waals surface area contributed by atoms with E-state index in [1.165, 1.54) is 6.07 Å². The van der Waals surface area contributed by atoms with Crippen LogP contribution in [0.2, 0.25) is 0 Å². The Morgan fingerprint density at radius 2 is 1.76 bits per heavy atom. The minimum Gasteiger partial charge on any atom is -0.349 e. The zero-order valence-corrected chi connectivity index (χ0v) is 20.1. The summed E-state index contributed by atoms with van der Waals surface area (Å²) < 4.78 is 27.4. The van der Waals surface area contributed by atoms with Gasteiger partial charge in [-0.3, -0.25) is 19.3 Å². The van der Waals surface area contributed by atoms with Crippen molar-refractivity contribution in [2.45, 2.75) is 56.0 Å². The second-order valence-electron chi connectivity index (χ2n) is 8.68. The van der Waals surface area contributed by atoms with Crippen molar-refractivity contribution in [1.82, 2.24) is 14.9 Å². The molecular formula is C25H30N4O4S. The minimum atomic E-state index is -3.66. The molecule has 0 aromatic heterocycles. The predicted octanol–water partition coefficient (Wildman–Crippen LogP) is 2.70. The van der Waals surface area contributed by atoms with Gasteiger partial charge in [0.1, 0.15) is 11.9 Å². The van der Waals surface area contributed by atoms with Crippen LogP contribution in [0.25, 0.3) is 0 Å². The maximum atomic E-state index is 13.4. The van der Waals surface area contributed by atoms with Crippen molar-refractivity contribution in [3.63, 3.8) is 0 Å². The lowest BCUT2D eigenvalue weighted by Gasteiger charge is -2.34. The molecule has 1 atom stereocenters. The van der Waals surface area contributed by atoms with Crippen molar-refractivity contribution in [3.05, 3.63) is 65.7 Å². The maximum absolute atomic E-state index is 13.4. The lowest BCUT2D eigenvalue weighted by Crippen LogP contribution is -2.49. The van der Waals surface area contributed by atoms with Crippen LogP contribution in [0.4, 0.5) is 0 Å². The van der Waals surface area contributed by atoms with Crippen LogP contribution in [0.5, 0.6) is 0 Å². The van der Waals surface area contributed by atoms with Crippen LogP contribution in [0, 0.1) is 0 Å².